The maximum Gasteiger partial charge on any atom is 0.266 e. The number of nitrogens with zero attached hydrogens (tertiary/aromatic N) is 2. The predicted molar refractivity (Wildman–Crippen MR) is 84.9 cm³/mol. The number of likely N-dealkylation sites (N-methyl/N-ethyl adjacent to an activating group) is 1. The van der Waals surface area contributed by atoms with Gasteiger partial charge in [-0.15, -0.1) is 0 Å². The van der Waals surface area contributed by atoms with Crippen LogP contribution in [-0.2, 0) is 10.0 Å². The van der Waals surface area contributed by atoms with E-state index in [9.17, 15) is 13.2 Å². The molecule has 0 atom stereocenters. The molecule has 1 amide bonds. The zero-order valence-corrected chi connectivity index (χ0v) is 13.9. The summed E-state index contributed by atoms with van der Waals surface area (Å²) >= 11 is 0. The van der Waals surface area contributed by atoms with E-state index in [1.807, 2.05) is 19.9 Å². The maximum absolute atomic E-state index is 12.2. The summed E-state index contributed by atoms with van der Waals surface area (Å²) < 4.78 is 26.4. The van der Waals surface area contributed by atoms with Crippen LogP contribution in [0.1, 0.15) is 35.7 Å². The second-order valence-electron chi connectivity index (χ2n) is 6.29. The Bertz CT molecular complexity index is 720. The van der Waals surface area contributed by atoms with Gasteiger partial charge in [-0.1, -0.05) is 13.8 Å². The molecule has 0 unspecified atom stereocenters. The van der Waals surface area contributed by atoms with Gasteiger partial charge < -0.3 is 9.80 Å². The smallest absolute Gasteiger partial charge is 0.266 e. The van der Waals surface area contributed by atoms with Crippen LogP contribution in [0.4, 0.5) is 5.69 Å². The zero-order chi connectivity index (χ0) is 16.1. The van der Waals surface area contributed by atoms with Crippen molar-refractivity contribution in [1.82, 2.24) is 9.62 Å². The number of hydrogen-bond acceptors (Lipinski definition) is 5. The molecule has 2 aliphatic heterocycles. The second kappa shape index (κ2) is 5.24. The highest BCUT2D eigenvalue weighted by Gasteiger charge is 2.36. The fourth-order valence-electron chi connectivity index (χ4n) is 3.01. The summed E-state index contributed by atoms with van der Waals surface area (Å²) in [5.74, 6) is -0.427. The Kier molecular flexibility index (Phi) is 3.65. The summed E-state index contributed by atoms with van der Waals surface area (Å²) in [6, 6.07) is 3.61. The van der Waals surface area contributed by atoms with Crippen molar-refractivity contribution >= 4 is 21.6 Å². The predicted octanol–water partition coefficient (Wildman–Crippen LogP) is 0.994. The second-order valence-corrected chi connectivity index (χ2v) is 7.94. The highest BCUT2D eigenvalue weighted by Crippen LogP contribution is 2.35. The molecule has 2 aliphatic rings. The average molecular weight is 323 g/mol. The van der Waals surface area contributed by atoms with Crippen molar-refractivity contribution in [3.8, 4) is 0 Å². The molecular formula is C15H21N3O3S. The van der Waals surface area contributed by atoms with Crippen LogP contribution in [0.5, 0.6) is 0 Å². The molecule has 22 heavy (non-hydrogen) atoms. The fraction of sp³-hybridized carbons (Fsp3) is 0.533. The number of anilines is 1. The largest absolute Gasteiger partial charge is 0.369 e. The molecule has 1 N–H and O–H groups in total. The molecule has 0 spiro atoms. The van der Waals surface area contributed by atoms with Gasteiger partial charge in [-0.25, -0.2) is 13.1 Å². The standard InChI is InChI=1S/C15H21N3O3S/c1-10(2)12-8-11(18-6-4-17(3)5-7-18)9-13-14(12)15(19)16-22(13,20)21/h8-10H,4-7H2,1-3H3,(H,16,19). The van der Waals surface area contributed by atoms with Crippen LogP contribution in [-0.4, -0.2) is 52.5 Å². The van der Waals surface area contributed by atoms with Crippen LogP contribution in [0.2, 0.25) is 0 Å². The summed E-state index contributed by atoms with van der Waals surface area (Å²) in [5, 5.41) is 0. The highest BCUT2D eigenvalue weighted by molar-refractivity contribution is 7.90. The summed E-state index contributed by atoms with van der Waals surface area (Å²) in [5.41, 5.74) is 1.99. The molecule has 1 aromatic rings. The van der Waals surface area contributed by atoms with Gasteiger partial charge in [0.15, 0.2) is 0 Å². The molecule has 3 rings (SSSR count). The minimum atomic E-state index is -3.72. The molecule has 6 nitrogen and oxygen atoms in total. The Hall–Kier alpha value is -1.60. The van der Waals surface area contributed by atoms with Gasteiger partial charge >= 0.3 is 0 Å². The normalized spacial score (nSPS) is 21.1. The molecule has 0 aliphatic carbocycles. The first-order chi connectivity index (χ1) is 10.3. The van der Waals surface area contributed by atoms with Crippen molar-refractivity contribution in [3.05, 3.63) is 23.3 Å². The molecule has 0 bridgehead atoms. The minimum absolute atomic E-state index is 0.0835. The van der Waals surface area contributed by atoms with Gasteiger partial charge in [0.1, 0.15) is 4.90 Å². The first-order valence-electron chi connectivity index (χ1n) is 7.48. The number of benzene rings is 1. The molecule has 1 saturated heterocycles. The first kappa shape index (κ1) is 15.3. The Morgan fingerprint density at radius 3 is 2.36 bits per heavy atom. The van der Waals surface area contributed by atoms with E-state index >= 15 is 0 Å². The molecule has 120 valence electrons. The maximum atomic E-state index is 12.2. The van der Waals surface area contributed by atoms with Crippen LogP contribution in [0, 0.1) is 0 Å². The lowest BCUT2D eigenvalue weighted by Gasteiger charge is -2.34. The van der Waals surface area contributed by atoms with Crippen LogP contribution in [0.15, 0.2) is 17.0 Å². The number of rotatable bonds is 2. The Labute approximate surface area is 131 Å². The van der Waals surface area contributed by atoms with E-state index in [0.29, 0.717) is 5.56 Å². The Morgan fingerprint density at radius 1 is 1.14 bits per heavy atom. The van der Waals surface area contributed by atoms with E-state index in [-0.39, 0.29) is 10.8 Å². The number of sulfonamides is 1. The van der Waals surface area contributed by atoms with Gasteiger partial charge in [-0.05, 0) is 30.7 Å². The molecule has 1 fully saturated rings. The average Bonchev–Trinajstić information content (AvgIpc) is 2.68. The highest BCUT2D eigenvalue weighted by atomic mass is 32.2. The first-order valence-corrected chi connectivity index (χ1v) is 8.96. The third-order valence-electron chi connectivity index (χ3n) is 4.35. The number of carbonyl (C=O) groups excluding carboxylic acids is 1. The monoisotopic (exact) mass is 323 g/mol. The van der Waals surface area contributed by atoms with E-state index < -0.39 is 15.9 Å². The lowest BCUT2D eigenvalue weighted by Crippen LogP contribution is -2.44. The number of carbonyl (C=O) groups is 1. The lowest BCUT2D eigenvalue weighted by molar-refractivity contribution is 0.0984. The van der Waals surface area contributed by atoms with Gasteiger partial charge in [0, 0.05) is 31.9 Å². The molecule has 2 heterocycles. The van der Waals surface area contributed by atoms with Gasteiger partial charge in [-0.2, -0.15) is 0 Å². The van der Waals surface area contributed by atoms with Crippen molar-refractivity contribution in [1.29, 1.82) is 0 Å². The molecule has 1 aromatic carbocycles. The van der Waals surface area contributed by atoms with Gasteiger partial charge in [0.05, 0.1) is 5.56 Å². The van der Waals surface area contributed by atoms with E-state index in [0.717, 1.165) is 37.4 Å². The topological polar surface area (TPSA) is 69.7 Å². The number of fused-ring (bicyclic) bond motifs is 1. The molecule has 0 saturated carbocycles. The van der Waals surface area contributed by atoms with Gasteiger partial charge in [0.25, 0.3) is 15.9 Å². The van der Waals surface area contributed by atoms with Crippen LogP contribution >= 0.6 is 0 Å². The van der Waals surface area contributed by atoms with Crippen molar-refractivity contribution in [2.75, 3.05) is 38.1 Å². The number of amides is 1. The van der Waals surface area contributed by atoms with Crippen molar-refractivity contribution < 1.29 is 13.2 Å². The quantitative estimate of drug-likeness (QED) is 0.879. The summed E-state index contributed by atoms with van der Waals surface area (Å²) in [6.07, 6.45) is 0. The SMILES string of the molecule is CC(C)c1cc(N2CCN(C)CC2)cc2c1C(=O)NS2(=O)=O. The third kappa shape index (κ3) is 2.48. The third-order valence-corrected chi connectivity index (χ3v) is 5.71. The van der Waals surface area contributed by atoms with Crippen LogP contribution < -0.4 is 9.62 Å². The summed E-state index contributed by atoms with van der Waals surface area (Å²) in [6.45, 7) is 7.54. The summed E-state index contributed by atoms with van der Waals surface area (Å²) in [7, 11) is -1.64. The van der Waals surface area contributed by atoms with Gasteiger partial charge in [-0.3, -0.25) is 4.79 Å². The fourth-order valence-corrected chi connectivity index (χ4v) is 4.22. The number of piperazine rings is 1. The van der Waals surface area contributed by atoms with E-state index in [1.54, 1.807) is 6.07 Å². The Morgan fingerprint density at radius 2 is 1.77 bits per heavy atom. The molecular weight excluding hydrogens is 302 g/mol. The van der Waals surface area contributed by atoms with Crippen molar-refractivity contribution in [3.63, 3.8) is 0 Å². The van der Waals surface area contributed by atoms with Crippen molar-refractivity contribution in [2.45, 2.75) is 24.7 Å². The molecule has 0 radical (unpaired) electrons. The lowest BCUT2D eigenvalue weighted by atomic mass is 9.95. The van der Waals surface area contributed by atoms with Gasteiger partial charge in [0.2, 0.25) is 0 Å². The number of nitrogens with one attached hydrogen (secondary N) is 1. The van der Waals surface area contributed by atoms with E-state index in [2.05, 4.69) is 21.6 Å². The Balaban J connectivity index is 2.11. The minimum Gasteiger partial charge on any atom is -0.369 e. The zero-order valence-electron chi connectivity index (χ0n) is 13.1. The van der Waals surface area contributed by atoms with Crippen molar-refractivity contribution in [2.24, 2.45) is 0 Å². The summed E-state index contributed by atoms with van der Waals surface area (Å²) in [4.78, 5) is 16.6. The van der Waals surface area contributed by atoms with Crippen LogP contribution in [0.3, 0.4) is 0 Å². The van der Waals surface area contributed by atoms with Crippen LogP contribution in [0.25, 0.3) is 0 Å². The van der Waals surface area contributed by atoms with E-state index in [1.165, 1.54) is 0 Å². The van der Waals surface area contributed by atoms with E-state index in [4.69, 9.17) is 0 Å². The molecule has 0 aromatic heterocycles. The number of hydrogen-bond donors (Lipinski definition) is 1. The molecule has 7 heteroatoms.